The Kier molecular flexibility index (Phi) is 4.48. The first-order chi connectivity index (χ1) is 9.56. The van der Waals surface area contributed by atoms with Gasteiger partial charge in [0.25, 0.3) is 5.69 Å². The Bertz CT molecular complexity index is 597. The summed E-state index contributed by atoms with van der Waals surface area (Å²) in [5.41, 5.74) is 9.15. The Morgan fingerprint density at radius 1 is 1.15 bits per heavy atom. The average Bonchev–Trinajstić information content (AvgIpc) is 2.39. The molecule has 2 aromatic carbocycles. The van der Waals surface area contributed by atoms with Gasteiger partial charge in [0.2, 0.25) is 0 Å². The molecule has 4 nitrogen and oxygen atoms in total. The molecule has 0 radical (unpaired) electrons. The number of nitrogens with zero attached hydrogens (tertiary/aromatic N) is 1. The fraction of sp³-hybridized carbons (Fsp3) is 0.250. The van der Waals surface area contributed by atoms with E-state index < -0.39 is 0 Å². The van der Waals surface area contributed by atoms with E-state index >= 15 is 0 Å². The molecule has 0 amide bonds. The maximum Gasteiger partial charge on any atom is 0.272 e. The highest BCUT2D eigenvalue weighted by molar-refractivity contribution is 5.43. The molecule has 2 aromatic rings. The first-order valence-corrected chi connectivity index (χ1v) is 6.59. The van der Waals surface area contributed by atoms with Gasteiger partial charge in [-0.05, 0) is 31.4 Å². The zero-order valence-electron chi connectivity index (χ0n) is 11.5. The molecule has 0 heterocycles. The second-order valence-corrected chi connectivity index (χ2v) is 5.04. The van der Waals surface area contributed by atoms with Crippen LogP contribution in [0.15, 0.2) is 48.5 Å². The third-order valence-corrected chi connectivity index (χ3v) is 3.25. The largest absolute Gasteiger partial charge is 0.327 e. The summed E-state index contributed by atoms with van der Waals surface area (Å²) in [5.74, 6) is 0. The topological polar surface area (TPSA) is 69.2 Å². The molecule has 0 aliphatic carbocycles. The monoisotopic (exact) mass is 270 g/mol. The van der Waals surface area contributed by atoms with Crippen LogP contribution >= 0.6 is 0 Å². The van der Waals surface area contributed by atoms with Crippen LogP contribution in [0, 0.1) is 17.0 Å². The van der Waals surface area contributed by atoms with Gasteiger partial charge in [-0.1, -0.05) is 42.0 Å². The first-order valence-electron chi connectivity index (χ1n) is 6.59. The van der Waals surface area contributed by atoms with E-state index in [1.807, 2.05) is 43.3 Å². The minimum absolute atomic E-state index is 0.127. The molecule has 1 unspecified atom stereocenters. The van der Waals surface area contributed by atoms with Gasteiger partial charge < -0.3 is 5.73 Å². The molecule has 0 aromatic heterocycles. The van der Waals surface area contributed by atoms with E-state index in [4.69, 9.17) is 5.73 Å². The van der Waals surface area contributed by atoms with Crippen molar-refractivity contribution in [2.45, 2.75) is 25.8 Å². The zero-order chi connectivity index (χ0) is 14.5. The second kappa shape index (κ2) is 6.30. The van der Waals surface area contributed by atoms with Crippen LogP contribution in [0.2, 0.25) is 0 Å². The molecule has 0 fully saturated rings. The van der Waals surface area contributed by atoms with Crippen LogP contribution in [0.5, 0.6) is 0 Å². The summed E-state index contributed by atoms with van der Waals surface area (Å²) in [6, 6.07) is 15.0. The minimum Gasteiger partial charge on any atom is -0.327 e. The van der Waals surface area contributed by atoms with E-state index in [1.54, 1.807) is 12.1 Å². The zero-order valence-corrected chi connectivity index (χ0v) is 11.5. The van der Waals surface area contributed by atoms with Gasteiger partial charge in [-0.2, -0.15) is 0 Å². The van der Waals surface area contributed by atoms with Crippen LogP contribution in [-0.2, 0) is 12.8 Å². The third-order valence-electron chi connectivity index (χ3n) is 3.25. The van der Waals surface area contributed by atoms with Gasteiger partial charge in [-0.25, -0.2) is 0 Å². The van der Waals surface area contributed by atoms with Gasteiger partial charge in [-0.3, -0.25) is 10.1 Å². The average molecular weight is 270 g/mol. The number of benzene rings is 2. The molecule has 4 heteroatoms. The van der Waals surface area contributed by atoms with Crippen molar-refractivity contribution in [3.05, 3.63) is 75.3 Å². The summed E-state index contributed by atoms with van der Waals surface area (Å²) in [4.78, 5) is 10.7. The van der Waals surface area contributed by atoms with Crippen LogP contribution in [0.4, 0.5) is 5.69 Å². The number of nitrogens with two attached hydrogens (primary N) is 1. The van der Waals surface area contributed by atoms with Gasteiger partial charge in [0.1, 0.15) is 0 Å². The van der Waals surface area contributed by atoms with E-state index in [2.05, 4.69) is 0 Å². The highest BCUT2D eigenvalue weighted by Crippen LogP contribution is 2.21. The molecule has 104 valence electrons. The molecule has 20 heavy (non-hydrogen) atoms. The molecule has 1 atom stereocenters. The van der Waals surface area contributed by atoms with Crippen LogP contribution < -0.4 is 5.73 Å². The van der Waals surface area contributed by atoms with Crippen LogP contribution in [0.1, 0.15) is 16.7 Å². The second-order valence-electron chi connectivity index (χ2n) is 5.04. The van der Waals surface area contributed by atoms with Crippen LogP contribution in [0.3, 0.4) is 0 Å². The van der Waals surface area contributed by atoms with Gasteiger partial charge >= 0.3 is 0 Å². The summed E-state index contributed by atoms with van der Waals surface area (Å²) in [6.45, 7) is 1.93. The van der Waals surface area contributed by atoms with Crippen molar-refractivity contribution in [2.24, 2.45) is 5.73 Å². The fourth-order valence-electron chi connectivity index (χ4n) is 2.33. The molecule has 0 bridgehead atoms. The predicted octanol–water partition coefficient (Wildman–Crippen LogP) is 3.02. The Morgan fingerprint density at radius 2 is 1.85 bits per heavy atom. The molecule has 0 aliphatic rings. The Morgan fingerprint density at radius 3 is 2.50 bits per heavy atom. The van der Waals surface area contributed by atoms with Crippen molar-refractivity contribution >= 4 is 5.69 Å². The van der Waals surface area contributed by atoms with E-state index in [0.29, 0.717) is 18.4 Å². The lowest BCUT2D eigenvalue weighted by molar-refractivity contribution is -0.385. The number of nitro groups is 1. The lowest BCUT2D eigenvalue weighted by Crippen LogP contribution is -2.25. The number of nitro benzene ring substituents is 1. The summed E-state index contributed by atoms with van der Waals surface area (Å²) in [5, 5.41) is 11.0. The van der Waals surface area contributed by atoms with E-state index in [-0.39, 0.29) is 16.7 Å². The van der Waals surface area contributed by atoms with Crippen molar-refractivity contribution in [1.29, 1.82) is 0 Å². The Hall–Kier alpha value is -2.20. The Labute approximate surface area is 118 Å². The van der Waals surface area contributed by atoms with Gasteiger partial charge in [0.05, 0.1) is 4.92 Å². The molecule has 0 saturated carbocycles. The standard InChI is InChI=1S/C16H18N2O2/c1-12-7-8-16(18(19)20)14(9-12)11-15(17)10-13-5-3-2-4-6-13/h2-9,15H,10-11,17H2,1H3. The van der Waals surface area contributed by atoms with Crippen LogP contribution in [0.25, 0.3) is 0 Å². The molecule has 2 N–H and O–H groups in total. The maximum absolute atomic E-state index is 11.0. The van der Waals surface area contributed by atoms with Gasteiger partial charge in [0.15, 0.2) is 0 Å². The quantitative estimate of drug-likeness (QED) is 0.670. The number of hydrogen-bond donors (Lipinski definition) is 1. The first kappa shape index (κ1) is 14.2. The SMILES string of the molecule is Cc1ccc([N+](=O)[O-])c(CC(N)Cc2ccccc2)c1. The van der Waals surface area contributed by atoms with Crippen molar-refractivity contribution in [3.8, 4) is 0 Å². The maximum atomic E-state index is 11.0. The summed E-state index contributed by atoms with van der Waals surface area (Å²) >= 11 is 0. The summed E-state index contributed by atoms with van der Waals surface area (Å²) in [6.07, 6.45) is 1.22. The summed E-state index contributed by atoms with van der Waals surface area (Å²) in [7, 11) is 0. The van der Waals surface area contributed by atoms with Crippen LogP contribution in [-0.4, -0.2) is 11.0 Å². The third kappa shape index (κ3) is 3.65. The van der Waals surface area contributed by atoms with E-state index in [0.717, 1.165) is 11.1 Å². The minimum atomic E-state index is -0.343. The fourth-order valence-corrected chi connectivity index (χ4v) is 2.33. The molecular formula is C16H18N2O2. The lowest BCUT2D eigenvalue weighted by atomic mass is 9.97. The summed E-state index contributed by atoms with van der Waals surface area (Å²) < 4.78 is 0. The molecule has 0 spiro atoms. The van der Waals surface area contributed by atoms with Crippen molar-refractivity contribution < 1.29 is 4.92 Å². The highest BCUT2D eigenvalue weighted by atomic mass is 16.6. The highest BCUT2D eigenvalue weighted by Gasteiger charge is 2.16. The number of aryl methyl sites for hydroxylation is 1. The number of rotatable bonds is 5. The van der Waals surface area contributed by atoms with Crippen molar-refractivity contribution in [1.82, 2.24) is 0 Å². The van der Waals surface area contributed by atoms with Crippen molar-refractivity contribution in [3.63, 3.8) is 0 Å². The van der Waals surface area contributed by atoms with E-state index in [1.165, 1.54) is 0 Å². The molecular weight excluding hydrogens is 252 g/mol. The molecule has 0 saturated heterocycles. The Balaban J connectivity index is 2.13. The predicted molar refractivity (Wildman–Crippen MR) is 79.7 cm³/mol. The number of hydrogen-bond acceptors (Lipinski definition) is 3. The smallest absolute Gasteiger partial charge is 0.272 e. The van der Waals surface area contributed by atoms with E-state index in [9.17, 15) is 10.1 Å². The molecule has 2 rings (SSSR count). The van der Waals surface area contributed by atoms with Crippen molar-refractivity contribution in [2.75, 3.05) is 0 Å². The normalized spacial score (nSPS) is 12.1. The van der Waals surface area contributed by atoms with Gasteiger partial charge in [0, 0.05) is 17.7 Å². The van der Waals surface area contributed by atoms with Gasteiger partial charge in [-0.15, -0.1) is 0 Å². The lowest BCUT2D eigenvalue weighted by Gasteiger charge is -2.12. The molecule has 0 aliphatic heterocycles.